The Bertz CT molecular complexity index is 1100. The second-order valence-corrected chi connectivity index (χ2v) is 10.7. The van der Waals surface area contributed by atoms with Crippen molar-refractivity contribution in [1.82, 2.24) is 5.01 Å². The summed E-state index contributed by atoms with van der Waals surface area (Å²) in [5.41, 5.74) is 1.72. The van der Waals surface area contributed by atoms with Crippen molar-refractivity contribution in [2.24, 2.45) is 28.8 Å². The Kier molecular flexibility index (Phi) is 5.85. The molecule has 0 aromatic heterocycles. The van der Waals surface area contributed by atoms with Gasteiger partial charge in [0.1, 0.15) is 12.4 Å². The second-order valence-electron chi connectivity index (χ2n) is 7.93. The van der Waals surface area contributed by atoms with E-state index in [-0.39, 0.29) is 35.5 Å². The molecule has 1 aliphatic heterocycles. The molecule has 2 amide bonds. The third-order valence-corrected chi connectivity index (χ3v) is 8.09. The number of nitrogens with zero attached hydrogens (tertiary/aromatic N) is 2. The fourth-order valence-electron chi connectivity index (χ4n) is 4.68. The molecule has 2 aliphatic carbocycles. The highest BCUT2D eigenvalue weighted by molar-refractivity contribution is 14.1. The van der Waals surface area contributed by atoms with Crippen LogP contribution in [0.15, 0.2) is 53.7 Å². The third-order valence-electron chi connectivity index (χ3n) is 6.12. The molecule has 3 aliphatic rings. The van der Waals surface area contributed by atoms with E-state index < -0.39 is 0 Å². The summed E-state index contributed by atoms with van der Waals surface area (Å²) in [6, 6.07) is 11.4. The highest BCUT2D eigenvalue weighted by Gasteiger charge is 2.59. The maximum atomic E-state index is 12.8. The first-order chi connectivity index (χ1) is 14.9. The average Bonchev–Trinajstić information content (AvgIpc) is 3.41. The zero-order valence-electron chi connectivity index (χ0n) is 16.2. The van der Waals surface area contributed by atoms with Crippen molar-refractivity contribution in [3.63, 3.8) is 0 Å². The SMILES string of the molecule is O=C1[C@@H]2[C@H](C(=O)N1N=Cc1cc(I)c(OCc3ccccc3Cl)c(I)c1)[C@H]1C=C[C@H]2C1. The van der Waals surface area contributed by atoms with Crippen LogP contribution >= 0.6 is 56.8 Å². The van der Waals surface area contributed by atoms with Crippen LogP contribution < -0.4 is 4.74 Å². The van der Waals surface area contributed by atoms with Crippen LogP contribution in [0.3, 0.4) is 0 Å². The summed E-state index contributed by atoms with van der Waals surface area (Å²) in [4.78, 5) is 25.5. The number of hydrazone groups is 1. The van der Waals surface area contributed by atoms with Crippen LogP contribution in [0.2, 0.25) is 5.02 Å². The molecule has 5 rings (SSSR count). The highest BCUT2D eigenvalue weighted by Crippen LogP contribution is 2.52. The molecule has 1 saturated heterocycles. The molecule has 158 valence electrons. The van der Waals surface area contributed by atoms with Gasteiger partial charge in [-0.2, -0.15) is 10.1 Å². The van der Waals surface area contributed by atoms with Crippen molar-refractivity contribution in [2.45, 2.75) is 13.0 Å². The molecule has 0 unspecified atom stereocenters. The van der Waals surface area contributed by atoms with Gasteiger partial charge < -0.3 is 4.74 Å². The van der Waals surface area contributed by atoms with Gasteiger partial charge in [-0.3, -0.25) is 9.59 Å². The van der Waals surface area contributed by atoms with E-state index in [0.29, 0.717) is 11.6 Å². The molecule has 2 aromatic rings. The smallest absolute Gasteiger partial charge is 0.254 e. The van der Waals surface area contributed by atoms with E-state index in [2.05, 4.69) is 62.4 Å². The highest BCUT2D eigenvalue weighted by atomic mass is 127. The summed E-state index contributed by atoms with van der Waals surface area (Å²) in [6.45, 7) is 0.370. The van der Waals surface area contributed by atoms with E-state index >= 15 is 0 Å². The fourth-order valence-corrected chi connectivity index (χ4v) is 7.00. The summed E-state index contributed by atoms with van der Waals surface area (Å²) in [5, 5.41) is 6.01. The Balaban J connectivity index is 1.31. The lowest BCUT2D eigenvalue weighted by molar-refractivity contribution is -0.140. The number of carbonyl (C=O) groups excluding carboxylic acids is 2. The van der Waals surface area contributed by atoms with Gasteiger partial charge in [-0.1, -0.05) is 42.0 Å². The normalized spacial score (nSPS) is 26.4. The molecule has 1 saturated carbocycles. The molecule has 0 N–H and O–H groups in total. The van der Waals surface area contributed by atoms with Gasteiger partial charge in [0.15, 0.2) is 0 Å². The van der Waals surface area contributed by atoms with E-state index in [1.807, 2.05) is 36.4 Å². The van der Waals surface area contributed by atoms with Crippen molar-refractivity contribution >= 4 is 74.8 Å². The quantitative estimate of drug-likeness (QED) is 0.191. The lowest BCUT2D eigenvalue weighted by Crippen LogP contribution is -2.28. The summed E-state index contributed by atoms with van der Waals surface area (Å²) < 4.78 is 7.84. The molecule has 2 fully saturated rings. The van der Waals surface area contributed by atoms with Crippen molar-refractivity contribution < 1.29 is 14.3 Å². The lowest BCUT2D eigenvalue weighted by atomic mass is 9.85. The van der Waals surface area contributed by atoms with E-state index in [1.54, 1.807) is 6.21 Å². The van der Waals surface area contributed by atoms with Crippen LogP contribution in [0.4, 0.5) is 0 Å². The van der Waals surface area contributed by atoms with Crippen LogP contribution in [0, 0.1) is 30.8 Å². The molecule has 8 heteroatoms. The molecule has 1 heterocycles. The van der Waals surface area contributed by atoms with E-state index in [0.717, 1.165) is 35.4 Å². The average molecular weight is 659 g/mol. The number of ether oxygens (including phenoxy) is 1. The van der Waals surface area contributed by atoms with Crippen LogP contribution in [0.1, 0.15) is 17.5 Å². The first kappa shape index (κ1) is 21.4. The molecule has 4 atom stereocenters. The molecule has 2 bridgehead atoms. The van der Waals surface area contributed by atoms with Gasteiger partial charge in [0.05, 0.1) is 25.2 Å². The standard InChI is InChI=1S/C23H17ClI2N2O3/c24-16-4-2-1-3-15(16)11-31-21-17(25)7-12(8-18(21)26)10-27-28-22(29)19-13-5-6-14(9-13)20(19)23(28)30/h1-8,10,13-14,19-20H,9,11H2/t13-,14-,19-,20+/m0/s1. The van der Waals surface area contributed by atoms with Gasteiger partial charge >= 0.3 is 0 Å². The van der Waals surface area contributed by atoms with E-state index in [4.69, 9.17) is 16.3 Å². The van der Waals surface area contributed by atoms with Crippen molar-refractivity contribution in [3.05, 3.63) is 71.8 Å². The minimum absolute atomic E-state index is 0.174. The molecule has 0 radical (unpaired) electrons. The number of allylic oxidation sites excluding steroid dienone is 2. The van der Waals surface area contributed by atoms with Gasteiger partial charge in [-0.15, -0.1) is 0 Å². The third kappa shape index (κ3) is 3.82. The van der Waals surface area contributed by atoms with Gasteiger partial charge in [0.25, 0.3) is 11.8 Å². The van der Waals surface area contributed by atoms with Crippen LogP contribution in [0.5, 0.6) is 5.75 Å². The maximum absolute atomic E-state index is 12.8. The monoisotopic (exact) mass is 658 g/mol. The Labute approximate surface area is 212 Å². The largest absolute Gasteiger partial charge is 0.487 e. The first-order valence-electron chi connectivity index (χ1n) is 9.89. The first-order valence-corrected chi connectivity index (χ1v) is 12.4. The predicted octanol–water partition coefficient (Wildman–Crippen LogP) is 5.27. The number of hydrogen-bond acceptors (Lipinski definition) is 4. The Morgan fingerprint density at radius 1 is 1.06 bits per heavy atom. The molecule has 5 nitrogen and oxygen atoms in total. The van der Waals surface area contributed by atoms with Gasteiger partial charge in [-0.25, -0.2) is 0 Å². The number of carbonyl (C=O) groups is 2. The van der Waals surface area contributed by atoms with Crippen LogP contribution in [-0.4, -0.2) is 23.0 Å². The fraction of sp³-hybridized carbons (Fsp3) is 0.261. The van der Waals surface area contributed by atoms with Gasteiger partial charge in [-0.05, 0) is 87.2 Å². The predicted molar refractivity (Wildman–Crippen MR) is 135 cm³/mol. The topological polar surface area (TPSA) is 59.0 Å². The lowest BCUT2D eigenvalue weighted by Gasteiger charge is -2.13. The molecule has 31 heavy (non-hydrogen) atoms. The summed E-state index contributed by atoms with van der Waals surface area (Å²) in [6.07, 6.45) is 6.65. The van der Waals surface area contributed by atoms with E-state index in [1.165, 1.54) is 0 Å². The number of rotatable bonds is 5. The maximum Gasteiger partial charge on any atom is 0.254 e. The molecule has 0 spiro atoms. The number of benzene rings is 2. The zero-order valence-corrected chi connectivity index (χ0v) is 21.2. The zero-order chi connectivity index (χ0) is 21.7. The number of imide groups is 1. The van der Waals surface area contributed by atoms with Gasteiger partial charge in [0, 0.05) is 10.6 Å². The summed E-state index contributed by atoms with van der Waals surface area (Å²) >= 11 is 10.6. The van der Waals surface area contributed by atoms with Crippen LogP contribution in [0.25, 0.3) is 0 Å². The van der Waals surface area contributed by atoms with Crippen molar-refractivity contribution in [3.8, 4) is 5.75 Å². The number of halogens is 3. The number of hydrogen-bond donors (Lipinski definition) is 0. The summed E-state index contributed by atoms with van der Waals surface area (Å²) in [5.74, 6) is 0.315. The second kappa shape index (κ2) is 8.47. The molecule has 2 aromatic carbocycles. The van der Waals surface area contributed by atoms with E-state index in [9.17, 15) is 9.59 Å². The van der Waals surface area contributed by atoms with Crippen molar-refractivity contribution in [2.75, 3.05) is 0 Å². The minimum Gasteiger partial charge on any atom is -0.487 e. The molecular formula is C23H17ClI2N2O3. The Morgan fingerprint density at radius 2 is 1.68 bits per heavy atom. The summed E-state index contributed by atoms with van der Waals surface area (Å²) in [7, 11) is 0. The Hall–Kier alpha value is -1.46. The number of amides is 2. The molecular weight excluding hydrogens is 642 g/mol. The number of fused-ring (bicyclic) bond motifs is 5. The van der Waals surface area contributed by atoms with Crippen molar-refractivity contribution in [1.29, 1.82) is 0 Å². The van der Waals surface area contributed by atoms with Crippen LogP contribution in [-0.2, 0) is 16.2 Å². The minimum atomic E-state index is -0.236. The Morgan fingerprint density at radius 3 is 2.29 bits per heavy atom. The van der Waals surface area contributed by atoms with Gasteiger partial charge in [0.2, 0.25) is 0 Å².